The molecule has 0 radical (unpaired) electrons. The summed E-state index contributed by atoms with van der Waals surface area (Å²) in [5, 5.41) is 0. The molecule has 1 aliphatic rings. The predicted molar refractivity (Wildman–Crippen MR) is 84.3 cm³/mol. The van der Waals surface area contributed by atoms with Crippen molar-refractivity contribution < 1.29 is 14.3 Å². The number of carbonyl (C=O) groups excluding carboxylic acids is 2. The third-order valence-corrected chi connectivity index (χ3v) is 3.99. The molecule has 1 fully saturated rings. The van der Waals surface area contributed by atoms with Gasteiger partial charge in [-0.05, 0) is 35.5 Å². The Morgan fingerprint density at radius 3 is 2.76 bits per heavy atom. The molecule has 21 heavy (non-hydrogen) atoms. The monoisotopic (exact) mass is 351 g/mol. The van der Waals surface area contributed by atoms with Gasteiger partial charge in [-0.25, -0.2) is 4.79 Å². The van der Waals surface area contributed by atoms with E-state index in [2.05, 4.69) is 20.7 Å². The Morgan fingerprint density at radius 2 is 2.14 bits per heavy atom. The molecule has 5 heteroatoms. The number of halogens is 1. The van der Waals surface area contributed by atoms with E-state index in [1.54, 1.807) is 12.1 Å². The van der Waals surface area contributed by atoms with Crippen molar-refractivity contribution in [3.8, 4) is 0 Å². The molecule has 1 aromatic carbocycles. The van der Waals surface area contributed by atoms with Crippen LogP contribution in [-0.4, -0.2) is 36.5 Å². The van der Waals surface area contributed by atoms with Gasteiger partial charge in [0.1, 0.15) is 0 Å². The SMILES string of the molecule is COC(=O)c1ccc(CCN2C(=O)CC[C@@H]2/C=C\Br)cc1. The zero-order chi connectivity index (χ0) is 15.2. The molecule has 0 unspecified atom stereocenters. The normalized spacial score (nSPS) is 18.5. The highest BCUT2D eigenvalue weighted by Crippen LogP contribution is 2.20. The first-order chi connectivity index (χ1) is 10.2. The summed E-state index contributed by atoms with van der Waals surface area (Å²) < 4.78 is 4.67. The van der Waals surface area contributed by atoms with Gasteiger partial charge < -0.3 is 9.64 Å². The molecule has 0 aliphatic carbocycles. The van der Waals surface area contributed by atoms with Crippen LogP contribution < -0.4 is 0 Å². The van der Waals surface area contributed by atoms with Crippen LogP contribution in [0.5, 0.6) is 0 Å². The molecule has 1 atom stereocenters. The third kappa shape index (κ3) is 3.94. The Balaban J connectivity index is 1.96. The van der Waals surface area contributed by atoms with Gasteiger partial charge in [0.05, 0.1) is 18.7 Å². The van der Waals surface area contributed by atoms with Crippen LogP contribution in [0.3, 0.4) is 0 Å². The summed E-state index contributed by atoms with van der Waals surface area (Å²) in [6, 6.07) is 7.50. The number of nitrogens with zero attached hydrogens (tertiary/aromatic N) is 1. The van der Waals surface area contributed by atoms with Crippen LogP contribution >= 0.6 is 15.9 Å². The summed E-state index contributed by atoms with van der Waals surface area (Å²) in [5.74, 6) is -0.129. The summed E-state index contributed by atoms with van der Waals surface area (Å²) in [7, 11) is 1.37. The number of likely N-dealkylation sites (tertiary alicyclic amines) is 1. The molecular weight excluding hydrogens is 334 g/mol. The topological polar surface area (TPSA) is 46.6 Å². The fourth-order valence-corrected chi connectivity index (χ4v) is 2.86. The fourth-order valence-electron chi connectivity index (χ4n) is 2.51. The summed E-state index contributed by atoms with van der Waals surface area (Å²) >= 11 is 3.27. The molecular formula is C16H18BrNO3. The van der Waals surface area contributed by atoms with Gasteiger partial charge in [-0.2, -0.15) is 0 Å². The molecule has 0 saturated carbocycles. The van der Waals surface area contributed by atoms with E-state index in [4.69, 9.17) is 0 Å². The van der Waals surface area contributed by atoms with Crippen LogP contribution in [0.1, 0.15) is 28.8 Å². The van der Waals surface area contributed by atoms with Crippen molar-refractivity contribution >= 4 is 27.8 Å². The van der Waals surface area contributed by atoms with Gasteiger partial charge in [-0.3, -0.25) is 4.79 Å². The molecule has 0 bridgehead atoms. The van der Waals surface area contributed by atoms with Crippen LogP contribution in [0.25, 0.3) is 0 Å². The largest absolute Gasteiger partial charge is 0.465 e. The summed E-state index contributed by atoms with van der Waals surface area (Å²) in [6.45, 7) is 0.693. The van der Waals surface area contributed by atoms with Crippen LogP contribution in [0.2, 0.25) is 0 Å². The number of hydrogen-bond donors (Lipinski definition) is 0. The number of esters is 1. The summed E-state index contributed by atoms with van der Waals surface area (Å²) in [6.07, 6.45) is 4.27. The number of benzene rings is 1. The van der Waals surface area contributed by atoms with E-state index in [1.165, 1.54) is 7.11 Å². The number of methoxy groups -OCH3 is 1. The van der Waals surface area contributed by atoms with Crippen LogP contribution in [0.4, 0.5) is 0 Å². The van der Waals surface area contributed by atoms with Gasteiger partial charge in [0.15, 0.2) is 0 Å². The molecule has 0 N–H and O–H groups in total. The van der Waals surface area contributed by atoms with Crippen molar-refractivity contribution in [3.05, 3.63) is 46.5 Å². The Hall–Kier alpha value is -1.62. The minimum absolute atomic E-state index is 0.186. The highest BCUT2D eigenvalue weighted by molar-refractivity contribution is 9.11. The third-order valence-electron chi connectivity index (χ3n) is 3.69. The lowest BCUT2D eigenvalue weighted by Gasteiger charge is -2.22. The van der Waals surface area contributed by atoms with Crippen LogP contribution in [0, 0.1) is 0 Å². The van der Waals surface area contributed by atoms with Crippen molar-refractivity contribution in [1.29, 1.82) is 0 Å². The van der Waals surface area contributed by atoms with Gasteiger partial charge in [0.25, 0.3) is 0 Å². The maximum absolute atomic E-state index is 11.9. The van der Waals surface area contributed by atoms with Crippen molar-refractivity contribution in [2.45, 2.75) is 25.3 Å². The van der Waals surface area contributed by atoms with Gasteiger partial charge >= 0.3 is 5.97 Å². The number of carbonyl (C=O) groups is 2. The first-order valence-corrected chi connectivity index (χ1v) is 7.81. The average molecular weight is 352 g/mol. The molecule has 1 saturated heterocycles. The second-order valence-electron chi connectivity index (χ2n) is 4.95. The highest BCUT2D eigenvalue weighted by atomic mass is 79.9. The van der Waals surface area contributed by atoms with Gasteiger partial charge in [-0.15, -0.1) is 0 Å². The number of rotatable bonds is 5. The number of amides is 1. The van der Waals surface area contributed by atoms with E-state index < -0.39 is 0 Å². The van der Waals surface area contributed by atoms with Crippen LogP contribution in [0.15, 0.2) is 35.3 Å². The first kappa shape index (κ1) is 15.8. The zero-order valence-corrected chi connectivity index (χ0v) is 13.5. The molecule has 1 aliphatic heterocycles. The van der Waals surface area contributed by atoms with E-state index in [1.807, 2.05) is 28.1 Å². The van der Waals surface area contributed by atoms with E-state index in [-0.39, 0.29) is 17.9 Å². The first-order valence-electron chi connectivity index (χ1n) is 6.89. The predicted octanol–water partition coefficient (Wildman–Crippen LogP) is 2.92. The van der Waals surface area contributed by atoms with Gasteiger partial charge in [-0.1, -0.05) is 34.1 Å². The average Bonchev–Trinajstić information content (AvgIpc) is 2.86. The van der Waals surface area contributed by atoms with Crippen molar-refractivity contribution in [2.75, 3.05) is 13.7 Å². The Morgan fingerprint density at radius 1 is 1.43 bits per heavy atom. The quantitative estimate of drug-likeness (QED) is 0.766. The lowest BCUT2D eigenvalue weighted by atomic mass is 10.1. The molecule has 112 valence electrons. The smallest absolute Gasteiger partial charge is 0.337 e. The molecule has 0 spiro atoms. The van der Waals surface area contributed by atoms with Crippen molar-refractivity contribution in [3.63, 3.8) is 0 Å². The highest BCUT2D eigenvalue weighted by Gasteiger charge is 2.28. The lowest BCUT2D eigenvalue weighted by Crippen LogP contribution is -2.33. The van der Waals surface area contributed by atoms with Gasteiger partial charge in [0.2, 0.25) is 5.91 Å². The molecule has 1 aromatic rings. The molecule has 1 amide bonds. The second kappa shape index (κ2) is 7.41. The fraction of sp³-hybridized carbons (Fsp3) is 0.375. The minimum atomic E-state index is -0.334. The molecule has 1 heterocycles. The molecule has 0 aromatic heterocycles. The summed E-state index contributed by atoms with van der Waals surface area (Å²) in [4.78, 5) is 27.0. The maximum Gasteiger partial charge on any atom is 0.337 e. The Bertz CT molecular complexity index is 539. The van der Waals surface area contributed by atoms with E-state index in [0.29, 0.717) is 18.5 Å². The Labute approximate surface area is 132 Å². The zero-order valence-electron chi connectivity index (χ0n) is 11.9. The lowest BCUT2D eigenvalue weighted by molar-refractivity contribution is -0.128. The standard InChI is InChI=1S/C16H18BrNO3/c1-21-16(20)13-4-2-12(3-5-13)9-11-18-14(8-10-17)6-7-15(18)19/h2-5,8,10,14H,6-7,9,11H2,1H3/b10-8-/t14-/m1/s1. The van der Waals surface area contributed by atoms with E-state index >= 15 is 0 Å². The van der Waals surface area contributed by atoms with E-state index in [0.717, 1.165) is 18.4 Å². The van der Waals surface area contributed by atoms with Crippen LogP contribution in [-0.2, 0) is 16.0 Å². The minimum Gasteiger partial charge on any atom is -0.465 e. The van der Waals surface area contributed by atoms with Crippen molar-refractivity contribution in [2.24, 2.45) is 0 Å². The second-order valence-corrected chi connectivity index (χ2v) is 5.48. The van der Waals surface area contributed by atoms with Crippen molar-refractivity contribution in [1.82, 2.24) is 4.90 Å². The Kier molecular flexibility index (Phi) is 5.56. The maximum atomic E-state index is 11.9. The summed E-state index contributed by atoms with van der Waals surface area (Å²) in [5.41, 5.74) is 1.64. The molecule has 4 nitrogen and oxygen atoms in total. The number of ether oxygens (including phenoxy) is 1. The molecule has 2 rings (SSSR count). The van der Waals surface area contributed by atoms with Gasteiger partial charge in [0, 0.05) is 13.0 Å². The van der Waals surface area contributed by atoms with E-state index in [9.17, 15) is 9.59 Å². The number of hydrogen-bond acceptors (Lipinski definition) is 3.